The van der Waals surface area contributed by atoms with E-state index in [4.69, 9.17) is 15.2 Å². The lowest BCUT2D eigenvalue weighted by molar-refractivity contribution is 0.202. The molecule has 6 heteroatoms. The second-order valence-electron chi connectivity index (χ2n) is 4.88. The zero-order chi connectivity index (χ0) is 15.5. The van der Waals surface area contributed by atoms with Gasteiger partial charge in [0.2, 0.25) is 0 Å². The first-order valence-electron chi connectivity index (χ1n) is 6.86. The third-order valence-corrected chi connectivity index (χ3v) is 3.37. The molecule has 3 aromatic rings. The smallest absolute Gasteiger partial charge is 0.167 e. The molecule has 2 aromatic heterocycles. The number of rotatable bonds is 5. The van der Waals surface area contributed by atoms with E-state index in [1.807, 2.05) is 6.20 Å². The highest BCUT2D eigenvalue weighted by Gasteiger charge is 2.13. The Kier molecular flexibility index (Phi) is 3.93. The predicted molar refractivity (Wildman–Crippen MR) is 82.6 cm³/mol. The van der Waals surface area contributed by atoms with Crippen molar-refractivity contribution < 1.29 is 13.9 Å². The van der Waals surface area contributed by atoms with Crippen LogP contribution in [0, 0.1) is 5.82 Å². The van der Waals surface area contributed by atoms with E-state index in [0.717, 1.165) is 10.9 Å². The minimum Gasteiger partial charge on any atom is -0.453 e. The number of aromatic nitrogens is 2. The van der Waals surface area contributed by atoms with Crippen LogP contribution < -0.4 is 10.5 Å². The topological polar surface area (TPSA) is 73.2 Å². The summed E-state index contributed by atoms with van der Waals surface area (Å²) in [6, 6.07) is 6.05. The summed E-state index contributed by atoms with van der Waals surface area (Å²) < 4.78 is 24.7. The van der Waals surface area contributed by atoms with Crippen LogP contribution in [-0.2, 0) is 11.2 Å². The average molecular weight is 301 g/mol. The fraction of sp³-hybridized carbons (Fsp3) is 0.188. The Bertz CT molecular complexity index is 801. The highest BCUT2D eigenvalue weighted by Crippen LogP contribution is 2.33. The zero-order valence-electron chi connectivity index (χ0n) is 12.1. The van der Waals surface area contributed by atoms with Crippen LogP contribution in [0.15, 0.2) is 36.7 Å². The standard InChI is InChI=1S/C16H16FN3O2/c1-21-7-5-10-9-20-16-15(10)14(4-6-19-16)22-13-3-2-11(18)8-12(13)17/h2-4,6,8-9H,5,7,18H2,1H3,(H,19,20). The highest BCUT2D eigenvalue weighted by atomic mass is 19.1. The fourth-order valence-electron chi connectivity index (χ4n) is 2.30. The van der Waals surface area contributed by atoms with E-state index in [1.54, 1.807) is 25.4 Å². The molecular formula is C16H16FN3O2. The lowest BCUT2D eigenvalue weighted by Crippen LogP contribution is -1.95. The number of hydrogen-bond acceptors (Lipinski definition) is 4. The van der Waals surface area contributed by atoms with Gasteiger partial charge in [0.25, 0.3) is 0 Å². The average Bonchev–Trinajstić information content (AvgIpc) is 2.92. The van der Waals surface area contributed by atoms with Gasteiger partial charge in [-0.05, 0) is 30.2 Å². The number of ether oxygens (including phenoxy) is 2. The van der Waals surface area contributed by atoms with Gasteiger partial charge in [0.05, 0.1) is 12.0 Å². The molecule has 0 saturated carbocycles. The molecule has 0 spiro atoms. The van der Waals surface area contributed by atoms with Gasteiger partial charge in [0.1, 0.15) is 11.4 Å². The molecule has 3 N–H and O–H groups in total. The predicted octanol–water partition coefficient (Wildman–Crippen LogP) is 3.27. The minimum absolute atomic E-state index is 0.126. The van der Waals surface area contributed by atoms with Crippen molar-refractivity contribution in [3.63, 3.8) is 0 Å². The van der Waals surface area contributed by atoms with Crippen LogP contribution in [0.4, 0.5) is 10.1 Å². The Morgan fingerprint density at radius 1 is 1.27 bits per heavy atom. The maximum atomic E-state index is 13.9. The summed E-state index contributed by atoms with van der Waals surface area (Å²) in [6.07, 6.45) is 4.19. The van der Waals surface area contributed by atoms with Crippen molar-refractivity contribution in [2.75, 3.05) is 19.5 Å². The molecule has 114 valence electrons. The van der Waals surface area contributed by atoms with Crippen LogP contribution >= 0.6 is 0 Å². The number of nitrogens with one attached hydrogen (secondary N) is 1. The van der Waals surface area contributed by atoms with Crippen molar-refractivity contribution in [2.45, 2.75) is 6.42 Å². The third kappa shape index (κ3) is 2.73. The molecule has 3 rings (SSSR count). The first-order valence-corrected chi connectivity index (χ1v) is 6.86. The van der Waals surface area contributed by atoms with Gasteiger partial charge in [-0.2, -0.15) is 0 Å². The fourth-order valence-corrected chi connectivity index (χ4v) is 2.30. The maximum absolute atomic E-state index is 13.9. The van der Waals surface area contributed by atoms with E-state index in [9.17, 15) is 4.39 Å². The minimum atomic E-state index is -0.501. The van der Waals surface area contributed by atoms with Gasteiger partial charge < -0.3 is 20.2 Å². The summed E-state index contributed by atoms with van der Waals surface area (Å²) in [5.41, 5.74) is 7.61. The van der Waals surface area contributed by atoms with E-state index in [-0.39, 0.29) is 5.75 Å². The monoisotopic (exact) mass is 301 g/mol. The lowest BCUT2D eigenvalue weighted by Gasteiger charge is -2.09. The number of fused-ring (bicyclic) bond motifs is 1. The quantitative estimate of drug-likeness (QED) is 0.709. The first kappa shape index (κ1) is 14.3. The van der Waals surface area contributed by atoms with E-state index in [1.165, 1.54) is 12.1 Å². The molecule has 1 aromatic carbocycles. The lowest BCUT2D eigenvalue weighted by atomic mass is 10.1. The van der Waals surface area contributed by atoms with Gasteiger partial charge in [0.15, 0.2) is 11.6 Å². The van der Waals surface area contributed by atoms with Crippen molar-refractivity contribution in [1.82, 2.24) is 9.97 Å². The van der Waals surface area contributed by atoms with Crippen LogP contribution in [-0.4, -0.2) is 23.7 Å². The number of hydrogen-bond donors (Lipinski definition) is 2. The number of aromatic amines is 1. The molecule has 0 aliphatic rings. The summed E-state index contributed by atoms with van der Waals surface area (Å²) in [5.74, 6) is 0.167. The van der Waals surface area contributed by atoms with Gasteiger partial charge in [-0.3, -0.25) is 0 Å². The number of nitrogens with two attached hydrogens (primary N) is 1. The molecule has 22 heavy (non-hydrogen) atoms. The van der Waals surface area contributed by atoms with Gasteiger partial charge in [-0.1, -0.05) is 0 Å². The number of methoxy groups -OCH3 is 1. The van der Waals surface area contributed by atoms with E-state index >= 15 is 0 Å². The van der Waals surface area contributed by atoms with E-state index in [2.05, 4.69) is 9.97 Å². The van der Waals surface area contributed by atoms with Crippen molar-refractivity contribution >= 4 is 16.7 Å². The SMILES string of the molecule is COCCc1c[nH]c2nccc(Oc3ccc(N)cc3F)c12. The second kappa shape index (κ2) is 6.03. The van der Waals surface area contributed by atoms with Crippen LogP contribution in [0.1, 0.15) is 5.56 Å². The number of nitrogen functional groups attached to an aromatic ring is 1. The van der Waals surface area contributed by atoms with Gasteiger partial charge in [-0.25, -0.2) is 9.37 Å². The summed E-state index contributed by atoms with van der Waals surface area (Å²) in [5, 5.41) is 0.829. The normalized spacial score (nSPS) is 11.0. The molecule has 0 aliphatic carbocycles. The molecule has 0 aliphatic heterocycles. The summed E-state index contributed by atoms with van der Waals surface area (Å²) in [6.45, 7) is 0.581. The third-order valence-electron chi connectivity index (χ3n) is 3.37. The Balaban J connectivity index is 2.00. The molecular weight excluding hydrogens is 285 g/mol. The Hall–Kier alpha value is -2.60. The van der Waals surface area contributed by atoms with E-state index in [0.29, 0.717) is 30.1 Å². The second-order valence-corrected chi connectivity index (χ2v) is 4.88. The number of halogens is 1. The molecule has 0 atom stereocenters. The van der Waals surface area contributed by atoms with E-state index < -0.39 is 5.82 Å². The summed E-state index contributed by atoms with van der Waals surface area (Å²) >= 11 is 0. The molecule has 0 amide bonds. The van der Waals surface area contributed by atoms with Crippen LogP contribution in [0.25, 0.3) is 11.0 Å². The molecule has 0 unspecified atom stereocenters. The molecule has 5 nitrogen and oxygen atoms in total. The maximum Gasteiger partial charge on any atom is 0.167 e. The van der Waals surface area contributed by atoms with Gasteiger partial charge in [-0.15, -0.1) is 0 Å². The summed E-state index contributed by atoms with van der Waals surface area (Å²) in [7, 11) is 1.65. The van der Waals surface area contributed by atoms with Crippen LogP contribution in [0.3, 0.4) is 0 Å². The Morgan fingerprint density at radius 3 is 2.91 bits per heavy atom. The highest BCUT2D eigenvalue weighted by molar-refractivity contribution is 5.86. The molecule has 0 saturated heterocycles. The first-order chi connectivity index (χ1) is 10.7. The van der Waals surface area contributed by atoms with Crippen LogP contribution in [0.2, 0.25) is 0 Å². The number of benzene rings is 1. The number of pyridine rings is 1. The van der Waals surface area contributed by atoms with Gasteiger partial charge >= 0.3 is 0 Å². The van der Waals surface area contributed by atoms with Gasteiger partial charge in [0, 0.05) is 31.3 Å². The molecule has 0 radical (unpaired) electrons. The largest absolute Gasteiger partial charge is 0.453 e. The van der Waals surface area contributed by atoms with Crippen LogP contribution in [0.5, 0.6) is 11.5 Å². The zero-order valence-corrected chi connectivity index (χ0v) is 12.1. The Labute approximate surface area is 126 Å². The number of nitrogens with zero attached hydrogens (tertiary/aromatic N) is 1. The number of H-pyrrole nitrogens is 1. The molecule has 0 bridgehead atoms. The molecule has 2 heterocycles. The van der Waals surface area contributed by atoms with Crippen molar-refractivity contribution in [2.24, 2.45) is 0 Å². The summed E-state index contributed by atoms with van der Waals surface area (Å²) in [4.78, 5) is 7.35. The van der Waals surface area contributed by atoms with Crippen molar-refractivity contribution in [3.05, 3.63) is 48.0 Å². The van der Waals surface area contributed by atoms with Crippen molar-refractivity contribution in [3.8, 4) is 11.5 Å². The van der Waals surface area contributed by atoms with Crippen molar-refractivity contribution in [1.29, 1.82) is 0 Å². The molecule has 0 fully saturated rings. The Morgan fingerprint density at radius 2 is 2.14 bits per heavy atom. The number of anilines is 1.